The number of aliphatic carboxylic acids is 1. The molecule has 2 atom stereocenters. The number of hydrogen-bond acceptors (Lipinski definition) is 2. The van der Waals surface area contributed by atoms with Gasteiger partial charge in [0.15, 0.2) is 0 Å². The second kappa shape index (κ2) is 3.90. The Bertz CT molecular complexity index is 156. The summed E-state index contributed by atoms with van der Waals surface area (Å²) < 4.78 is 0. The molecule has 0 aliphatic carbocycles. The molecule has 3 nitrogen and oxygen atoms in total. The van der Waals surface area contributed by atoms with Crippen LogP contribution in [0.15, 0.2) is 0 Å². The average Bonchev–Trinajstić information content (AvgIpc) is 1.79. The van der Waals surface area contributed by atoms with Crippen LogP contribution >= 0.6 is 0 Å². The van der Waals surface area contributed by atoms with E-state index < -0.39 is 18.0 Å². The first kappa shape index (κ1) is 11.4. The highest BCUT2D eigenvalue weighted by atomic mass is 16.4. The minimum absolute atomic E-state index is 0.289. The lowest BCUT2D eigenvalue weighted by atomic mass is 9.78. The van der Waals surface area contributed by atoms with Crippen LogP contribution < -0.4 is 0 Å². The van der Waals surface area contributed by atoms with Crippen LogP contribution in [0.3, 0.4) is 0 Å². The molecular formula is C9H18O3. The quantitative estimate of drug-likeness (QED) is 0.681. The van der Waals surface area contributed by atoms with Gasteiger partial charge in [0.2, 0.25) is 0 Å². The number of carboxylic acid groups (broad SMARTS) is 1. The second-order valence-corrected chi connectivity index (χ2v) is 4.34. The smallest absolute Gasteiger partial charge is 0.307 e. The summed E-state index contributed by atoms with van der Waals surface area (Å²) >= 11 is 0. The molecule has 2 N–H and O–H groups in total. The summed E-state index contributed by atoms with van der Waals surface area (Å²) in [6.45, 7) is 7.22. The fourth-order valence-electron chi connectivity index (χ4n) is 1.17. The molecule has 2 unspecified atom stereocenters. The van der Waals surface area contributed by atoms with Crippen LogP contribution in [0, 0.1) is 11.3 Å². The van der Waals surface area contributed by atoms with Gasteiger partial charge >= 0.3 is 5.97 Å². The number of rotatable bonds is 3. The summed E-state index contributed by atoms with van der Waals surface area (Å²) in [6, 6.07) is 0. The van der Waals surface area contributed by atoms with Crippen LogP contribution in [0.2, 0.25) is 0 Å². The topological polar surface area (TPSA) is 57.5 Å². The molecule has 72 valence electrons. The van der Waals surface area contributed by atoms with E-state index in [1.807, 2.05) is 20.8 Å². The lowest BCUT2D eigenvalue weighted by Gasteiger charge is -2.27. The molecule has 0 aromatic carbocycles. The van der Waals surface area contributed by atoms with Crippen molar-refractivity contribution in [2.75, 3.05) is 0 Å². The number of carboxylic acids is 1. The number of aliphatic hydroxyl groups excluding tert-OH is 1. The lowest BCUT2D eigenvalue weighted by molar-refractivity contribution is -0.146. The SMILES string of the molecule is CC(O)CC(C(=O)O)C(C)(C)C. The Balaban J connectivity index is 4.35. The molecule has 0 radical (unpaired) electrons. The van der Waals surface area contributed by atoms with Crippen LogP contribution in [0.25, 0.3) is 0 Å². The minimum Gasteiger partial charge on any atom is -0.481 e. The van der Waals surface area contributed by atoms with Gasteiger partial charge in [0.1, 0.15) is 0 Å². The van der Waals surface area contributed by atoms with E-state index in [9.17, 15) is 4.79 Å². The van der Waals surface area contributed by atoms with Gasteiger partial charge in [-0.3, -0.25) is 4.79 Å². The van der Waals surface area contributed by atoms with Crippen molar-refractivity contribution in [3.05, 3.63) is 0 Å². The fraction of sp³-hybridized carbons (Fsp3) is 0.889. The number of hydrogen-bond donors (Lipinski definition) is 2. The normalized spacial score (nSPS) is 17.1. The third-order valence-corrected chi connectivity index (χ3v) is 1.92. The maximum Gasteiger partial charge on any atom is 0.307 e. The third kappa shape index (κ3) is 3.72. The number of aliphatic hydroxyl groups is 1. The highest BCUT2D eigenvalue weighted by molar-refractivity contribution is 5.70. The van der Waals surface area contributed by atoms with E-state index in [0.717, 1.165) is 0 Å². The molecule has 12 heavy (non-hydrogen) atoms. The highest BCUT2D eigenvalue weighted by Crippen LogP contribution is 2.29. The zero-order valence-electron chi connectivity index (χ0n) is 8.16. The summed E-state index contributed by atoms with van der Waals surface area (Å²) in [5.74, 6) is -1.30. The molecule has 0 spiro atoms. The van der Waals surface area contributed by atoms with E-state index in [1.165, 1.54) is 0 Å². The maximum absolute atomic E-state index is 10.8. The van der Waals surface area contributed by atoms with E-state index in [1.54, 1.807) is 6.92 Å². The van der Waals surface area contributed by atoms with Crippen molar-refractivity contribution in [1.82, 2.24) is 0 Å². The van der Waals surface area contributed by atoms with E-state index >= 15 is 0 Å². The van der Waals surface area contributed by atoms with Crippen molar-refractivity contribution >= 4 is 5.97 Å². The second-order valence-electron chi connectivity index (χ2n) is 4.34. The lowest BCUT2D eigenvalue weighted by Crippen LogP contribution is -2.31. The van der Waals surface area contributed by atoms with Crippen molar-refractivity contribution in [1.29, 1.82) is 0 Å². The average molecular weight is 174 g/mol. The van der Waals surface area contributed by atoms with Crippen molar-refractivity contribution in [2.24, 2.45) is 11.3 Å². The fourth-order valence-corrected chi connectivity index (χ4v) is 1.17. The molecule has 0 saturated carbocycles. The molecule has 3 heteroatoms. The molecule has 0 aliphatic rings. The first-order chi connectivity index (χ1) is 5.25. The Hall–Kier alpha value is -0.570. The van der Waals surface area contributed by atoms with E-state index in [2.05, 4.69) is 0 Å². The molecular weight excluding hydrogens is 156 g/mol. The summed E-state index contributed by atoms with van der Waals surface area (Å²) in [5, 5.41) is 17.9. The van der Waals surface area contributed by atoms with Crippen molar-refractivity contribution in [3.63, 3.8) is 0 Å². The molecule has 0 aliphatic heterocycles. The van der Waals surface area contributed by atoms with Crippen LogP contribution in [0.4, 0.5) is 0 Å². The summed E-state index contributed by atoms with van der Waals surface area (Å²) in [5.41, 5.74) is -0.289. The molecule has 0 saturated heterocycles. The Morgan fingerprint density at radius 2 is 1.83 bits per heavy atom. The first-order valence-corrected chi connectivity index (χ1v) is 4.16. The van der Waals surface area contributed by atoms with Gasteiger partial charge in [-0.25, -0.2) is 0 Å². The number of carbonyl (C=O) groups is 1. The van der Waals surface area contributed by atoms with Gasteiger partial charge in [-0.2, -0.15) is 0 Å². The molecule has 0 amide bonds. The summed E-state index contributed by atoms with van der Waals surface area (Å²) in [6.07, 6.45) is -0.232. The molecule has 0 fully saturated rings. The summed E-state index contributed by atoms with van der Waals surface area (Å²) in [7, 11) is 0. The molecule has 0 rings (SSSR count). The van der Waals surface area contributed by atoms with Gasteiger partial charge in [0, 0.05) is 0 Å². The van der Waals surface area contributed by atoms with Crippen molar-refractivity contribution in [3.8, 4) is 0 Å². The predicted octanol–water partition coefficient (Wildman–Crippen LogP) is 1.50. The highest BCUT2D eigenvalue weighted by Gasteiger charge is 2.31. The van der Waals surface area contributed by atoms with E-state index in [4.69, 9.17) is 10.2 Å². The Kier molecular flexibility index (Phi) is 3.71. The Morgan fingerprint density at radius 1 is 1.42 bits per heavy atom. The van der Waals surface area contributed by atoms with Crippen molar-refractivity contribution < 1.29 is 15.0 Å². The third-order valence-electron chi connectivity index (χ3n) is 1.92. The van der Waals surface area contributed by atoms with Gasteiger partial charge in [0.25, 0.3) is 0 Å². The first-order valence-electron chi connectivity index (χ1n) is 4.16. The van der Waals surface area contributed by atoms with E-state index in [-0.39, 0.29) is 5.41 Å². The standard InChI is InChI=1S/C9H18O3/c1-6(10)5-7(8(11)12)9(2,3)4/h6-7,10H,5H2,1-4H3,(H,11,12). The van der Waals surface area contributed by atoms with Gasteiger partial charge in [-0.05, 0) is 18.8 Å². The van der Waals surface area contributed by atoms with Gasteiger partial charge in [0.05, 0.1) is 12.0 Å². The van der Waals surface area contributed by atoms with Crippen LogP contribution in [-0.4, -0.2) is 22.3 Å². The van der Waals surface area contributed by atoms with Crippen LogP contribution in [-0.2, 0) is 4.79 Å². The monoisotopic (exact) mass is 174 g/mol. The van der Waals surface area contributed by atoms with Crippen molar-refractivity contribution in [2.45, 2.75) is 40.2 Å². The zero-order chi connectivity index (χ0) is 9.94. The molecule has 0 bridgehead atoms. The molecule has 0 aromatic rings. The largest absolute Gasteiger partial charge is 0.481 e. The molecule has 0 aromatic heterocycles. The van der Waals surface area contributed by atoms with Gasteiger partial charge in [-0.1, -0.05) is 20.8 Å². The van der Waals surface area contributed by atoms with Gasteiger partial charge < -0.3 is 10.2 Å². The van der Waals surface area contributed by atoms with Gasteiger partial charge in [-0.15, -0.1) is 0 Å². The Morgan fingerprint density at radius 3 is 1.92 bits per heavy atom. The van der Waals surface area contributed by atoms with Crippen LogP contribution in [0.1, 0.15) is 34.1 Å². The minimum atomic E-state index is -0.830. The predicted molar refractivity (Wildman–Crippen MR) is 46.9 cm³/mol. The molecule has 0 heterocycles. The summed E-state index contributed by atoms with van der Waals surface area (Å²) in [4.78, 5) is 10.8. The maximum atomic E-state index is 10.8. The van der Waals surface area contributed by atoms with Crippen LogP contribution in [0.5, 0.6) is 0 Å². The Labute approximate surface area is 73.4 Å². The van der Waals surface area contributed by atoms with E-state index in [0.29, 0.717) is 6.42 Å². The zero-order valence-corrected chi connectivity index (χ0v) is 8.16.